The summed E-state index contributed by atoms with van der Waals surface area (Å²) in [6.45, 7) is 2.90. The van der Waals surface area contributed by atoms with Crippen molar-refractivity contribution in [3.05, 3.63) is 12.7 Å². The molecular weight excluding hydrogens is 130 g/mol. The maximum Gasteiger partial charge on any atom is 0.0675 e. The van der Waals surface area contributed by atoms with Gasteiger partial charge in [-0.15, -0.1) is 0 Å². The van der Waals surface area contributed by atoms with Gasteiger partial charge in [0.15, 0.2) is 0 Å². The molecule has 0 saturated heterocycles. The standard InChI is InChI=1S/C4H12N.C3H4O2/c1-5(2,3)4;1-2-3(4)5/h1-4H3;2H,1H2,(H,4,5)/q+1;/p-1. The average Bonchev–Trinajstić information content (AvgIpc) is 1.61. The van der Waals surface area contributed by atoms with E-state index in [1.54, 1.807) is 0 Å². The number of aliphatic carboxylic acids is 1. The van der Waals surface area contributed by atoms with Crippen LogP contribution in [0.1, 0.15) is 0 Å². The normalized spacial score (nSPS) is 9.20. The van der Waals surface area contributed by atoms with Gasteiger partial charge in [0, 0.05) is 0 Å². The van der Waals surface area contributed by atoms with E-state index < -0.39 is 5.97 Å². The summed E-state index contributed by atoms with van der Waals surface area (Å²) in [5, 5.41) is 9.14. The van der Waals surface area contributed by atoms with E-state index in [0.29, 0.717) is 0 Å². The Morgan fingerprint density at radius 2 is 1.50 bits per heavy atom. The summed E-state index contributed by atoms with van der Waals surface area (Å²) in [7, 11) is 8.50. The maximum atomic E-state index is 9.14. The first kappa shape index (κ1) is 11.9. The van der Waals surface area contributed by atoms with Crippen molar-refractivity contribution in [2.24, 2.45) is 0 Å². The Labute approximate surface area is 62.2 Å². The first-order chi connectivity index (χ1) is 4.27. The highest BCUT2D eigenvalue weighted by Crippen LogP contribution is 1.73. The minimum absolute atomic E-state index is 0.722. The Hall–Kier alpha value is -0.830. The van der Waals surface area contributed by atoms with E-state index in [2.05, 4.69) is 34.8 Å². The molecule has 0 aromatic rings. The number of carbonyl (C=O) groups is 1. The number of quaternary nitrogens is 1. The molecule has 0 aromatic heterocycles. The summed E-state index contributed by atoms with van der Waals surface area (Å²) in [6.07, 6.45) is 0.722. The third kappa shape index (κ3) is 199. The van der Waals surface area contributed by atoms with Crippen molar-refractivity contribution in [2.75, 3.05) is 28.2 Å². The second-order valence-electron chi connectivity index (χ2n) is 3.21. The Kier molecular flexibility index (Phi) is 5.95. The van der Waals surface area contributed by atoms with Crippen molar-refractivity contribution in [1.82, 2.24) is 0 Å². The van der Waals surface area contributed by atoms with Crippen LogP contribution in [0.25, 0.3) is 0 Å². The van der Waals surface area contributed by atoms with Crippen LogP contribution in [0, 0.1) is 0 Å². The Balaban J connectivity index is 0. The van der Waals surface area contributed by atoms with Crippen molar-refractivity contribution in [3.8, 4) is 0 Å². The third-order valence-electron chi connectivity index (χ3n) is 0.167. The summed E-state index contributed by atoms with van der Waals surface area (Å²) >= 11 is 0. The Bertz CT molecular complexity index is 107. The van der Waals surface area contributed by atoms with Crippen LogP contribution in [-0.4, -0.2) is 38.6 Å². The summed E-state index contributed by atoms with van der Waals surface area (Å²) in [6, 6.07) is 0. The van der Waals surface area contributed by atoms with Gasteiger partial charge >= 0.3 is 0 Å². The smallest absolute Gasteiger partial charge is 0.0675 e. The van der Waals surface area contributed by atoms with Gasteiger partial charge in [-0.3, -0.25) is 0 Å². The molecule has 0 bridgehead atoms. The van der Waals surface area contributed by atoms with Gasteiger partial charge in [0.2, 0.25) is 0 Å². The van der Waals surface area contributed by atoms with Gasteiger partial charge in [-0.2, -0.15) is 0 Å². The number of carboxylic acid groups (broad SMARTS) is 1. The number of hydrogen-bond acceptors (Lipinski definition) is 2. The monoisotopic (exact) mass is 145 g/mol. The van der Waals surface area contributed by atoms with Crippen molar-refractivity contribution in [3.63, 3.8) is 0 Å². The Morgan fingerprint density at radius 3 is 1.50 bits per heavy atom. The highest BCUT2D eigenvalue weighted by Gasteiger charge is 1.88. The molecule has 0 radical (unpaired) electrons. The highest BCUT2D eigenvalue weighted by atomic mass is 16.4. The lowest BCUT2D eigenvalue weighted by atomic mass is 10.7. The quantitative estimate of drug-likeness (QED) is 0.359. The molecule has 0 aliphatic carbocycles. The average molecular weight is 145 g/mol. The van der Waals surface area contributed by atoms with Crippen molar-refractivity contribution in [1.29, 1.82) is 0 Å². The van der Waals surface area contributed by atoms with Gasteiger partial charge < -0.3 is 14.4 Å². The van der Waals surface area contributed by atoms with E-state index in [-0.39, 0.29) is 0 Å². The number of hydrogen-bond donors (Lipinski definition) is 0. The summed E-state index contributed by atoms with van der Waals surface area (Å²) in [5.41, 5.74) is 0. The molecule has 0 atom stereocenters. The zero-order chi connectivity index (χ0) is 8.78. The van der Waals surface area contributed by atoms with Crippen LogP contribution in [0.4, 0.5) is 0 Å². The van der Waals surface area contributed by atoms with Crippen LogP contribution < -0.4 is 5.11 Å². The van der Waals surface area contributed by atoms with Gasteiger partial charge in [0.05, 0.1) is 34.2 Å². The molecule has 0 rings (SSSR count). The molecule has 0 fully saturated rings. The largest absolute Gasteiger partial charge is 0.545 e. The van der Waals surface area contributed by atoms with Crippen LogP contribution in [0.2, 0.25) is 0 Å². The van der Waals surface area contributed by atoms with E-state index in [1.807, 2.05) is 0 Å². The maximum absolute atomic E-state index is 9.14. The fourth-order valence-electron chi connectivity index (χ4n) is 0. The van der Waals surface area contributed by atoms with Crippen LogP contribution in [0.5, 0.6) is 0 Å². The molecule has 0 amide bonds. The molecule has 0 aliphatic heterocycles. The van der Waals surface area contributed by atoms with Crippen LogP contribution in [0.3, 0.4) is 0 Å². The second-order valence-corrected chi connectivity index (χ2v) is 3.21. The topological polar surface area (TPSA) is 40.1 Å². The van der Waals surface area contributed by atoms with Crippen LogP contribution in [-0.2, 0) is 4.79 Å². The van der Waals surface area contributed by atoms with E-state index in [0.717, 1.165) is 10.6 Å². The molecule has 10 heavy (non-hydrogen) atoms. The molecule has 0 aliphatic rings. The molecule has 3 heteroatoms. The van der Waals surface area contributed by atoms with E-state index in [9.17, 15) is 0 Å². The predicted molar refractivity (Wildman–Crippen MR) is 39.2 cm³/mol. The molecule has 0 saturated carbocycles. The van der Waals surface area contributed by atoms with Gasteiger partial charge in [-0.05, 0) is 6.08 Å². The molecular formula is C7H15NO2. The Morgan fingerprint density at radius 1 is 1.40 bits per heavy atom. The van der Waals surface area contributed by atoms with E-state index in [4.69, 9.17) is 9.90 Å². The SMILES string of the molecule is C=CC(=O)[O-].C[N+](C)(C)C. The summed E-state index contributed by atoms with van der Waals surface area (Å²) < 4.78 is 1.00. The number of carboxylic acids is 1. The lowest BCUT2D eigenvalue weighted by Crippen LogP contribution is -2.27. The number of nitrogens with zero attached hydrogens (tertiary/aromatic N) is 1. The van der Waals surface area contributed by atoms with Crippen molar-refractivity contribution in [2.45, 2.75) is 0 Å². The van der Waals surface area contributed by atoms with E-state index >= 15 is 0 Å². The third-order valence-corrected chi connectivity index (χ3v) is 0.167. The first-order valence-corrected chi connectivity index (χ1v) is 2.89. The highest BCUT2D eigenvalue weighted by molar-refractivity contribution is 5.76. The minimum atomic E-state index is -1.23. The number of rotatable bonds is 1. The zero-order valence-corrected chi connectivity index (χ0v) is 7.05. The lowest BCUT2D eigenvalue weighted by molar-refractivity contribution is -0.849. The van der Waals surface area contributed by atoms with Gasteiger partial charge in [0.25, 0.3) is 0 Å². The van der Waals surface area contributed by atoms with Gasteiger partial charge in [-0.1, -0.05) is 6.58 Å². The fourth-order valence-corrected chi connectivity index (χ4v) is 0. The fraction of sp³-hybridized carbons (Fsp3) is 0.571. The predicted octanol–water partition coefficient (Wildman–Crippen LogP) is -0.755. The van der Waals surface area contributed by atoms with Crippen LogP contribution in [0.15, 0.2) is 12.7 Å². The molecule has 0 N–H and O–H groups in total. The zero-order valence-electron chi connectivity index (χ0n) is 7.05. The van der Waals surface area contributed by atoms with Gasteiger partial charge in [0.1, 0.15) is 0 Å². The molecule has 0 aromatic carbocycles. The molecule has 0 heterocycles. The lowest BCUT2D eigenvalue weighted by Gasteiger charge is -2.14. The first-order valence-electron chi connectivity index (χ1n) is 2.89. The summed E-state index contributed by atoms with van der Waals surface area (Å²) in [5.74, 6) is -1.23. The minimum Gasteiger partial charge on any atom is -0.545 e. The number of carbonyl (C=O) groups excluding carboxylic acids is 1. The molecule has 0 spiro atoms. The van der Waals surface area contributed by atoms with E-state index in [1.165, 1.54) is 0 Å². The van der Waals surface area contributed by atoms with Crippen LogP contribution >= 0.6 is 0 Å². The second kappa shape index (κ2) is 4.99. The molecule has 60 valence electrons. The van der Waals surface area contributed by atoms with Crippen molar-refractivity contribution >= 4 is 5.97 Å². The molecule has 3 nitrogen and oxygen atoms in total. The van der Waals surface area contributed by atoms with Gasteiger partial charge in [-0.25, -0.2) is 0 Å². The van der Waals surface area contributed by atoms with Crippen molar-refractivity contribution < 1.29 is 14.4 Å². The summed E-state index contributed by atoms with van der Waals surface area (Å²) in [4.78, 5) is 9.14. The molecule has 0 unspecified atom stereocenters.